The number of fused-ring (bicyclic) bond motifs is 1. The molecule has 29 heavy (non-hydrogen) atoms. The molecule has 1 atom stereocenters. The number of rotatable bonds is 5. The zero-order chi connectivity index (χ0) is 20.6. The summed E-state index contributed by atoms with van der Waals surface area (Å²) in [5.41, 5.74) is 1.71. The predicted octanol–water partition coefficient (Wildman–Crippen LogP) is 4.76. The highest BCUT2D eigenvalue weighted by Gasteiger charge is 2.50. The maximum absolute atomic E-state index is 13.3. The monoisotopic (exact) mass is 449 g/mol. The highest BCUT2D eigenvalue weighted by atomic mass is 79.9. The first kappa shape index (κ1) is 19.6. The average molecular weight is 450 g/mol. The molecule has 1 aliphatic rings. The average Bonchev–Trinajstić information content (AvgIpc) is 2.92. The van der Waals surface area contributed by atoms with Crippen molar-refractivity contribution in [2.45, 2.75) is 25.5 Å². The van der Waals surface area contributed by atoms with E-state index in [0.29, 0.717) is 23.4 Å². The number of aliphatic hydroxyl groups is 1. The first-order valence-electron chi connectivity index (χ1n) is 9.37. The molecule has 0 saturated carbocycles. The quantitative estimate of drug-likeness (QED) is 0.570. The van der Waals surface area contributed by atoms with E-state index in [0.717, 1.165) is 15.6 Å². The fourth-order valence-electron chi connectivity index (χ4n) is 3.68. The molecule has 1 N–H and O–H groups in total. The van der Waals surface area contributed by atoms with Crippen LogP contribution in [-0.4, -0.2) is 16.8 Å². The molecule has 0 radical (unpaired) electrons. The second-order valence-electron chi connectivity index (χ2n) is 7.36. The number of carbonyl (C=O) groups excluding carboxylic acids is 2. The summed E-state index contributed by atoms with van der Waals surface area (Å²) in [6, 6.07) is 22.0. The lowest BCUT2D eigenvalue weighted by molar-refractivity contribution is -0.136. The van der Waals surface area contributed by atoms with Crippen LogP contribution in [0.4, 0.5) is 5.69 Å². The van der Waals surface area contributed by atoms with E-state index >= 15 is 0 Å². The molecule has 146 valence electrons. The van der Waals surface area contributed by atoms with E-state index < -0.39 is 11.5 Å². The maximum Gasteiger partial charge on any atom is 0.264 e. The third kappa shape index (κ3) is 3.63. The first-order valence-corrected chi connectivity index (χ1v) is 10.2. The zero-order valence-electron chi connectivity index (χ0n) is 15.9. The molecule has 0 aromatic heterocycles. The molecule has 5 heteroatoms. The highest BCUT2D eigenvalue weighted by molar-refractivity contribution is 9.10. The Kier molecular flexibility index (Phi) is 5.11. The van der Waals surface area contributed by atoms with Crippen molar-refractivity contribution in [1.82, 2.24) is 0 Å². The second kappa shape index (κ2) is 7.58. The number of para-hydroxylation sites is 1. The zero-order valence-corrected chi connectivity index (χ0v) is 17.5. The topological polar surface area (TPSA) is 57.6 Å². The number of hydrogen-bond donors (Lipinski definition) is 1. The molecule has 1 aliphatic heterocycles. The van der Waals surface area contributed by atoms with Crippen molar-refractivity contribution in [3.8, 4) is 0 Å². The fourth-order valence-corrected chi connectivity index (χ4v) is 3.95. The molecule has 0 bridgehead atoms. The Morgan fingerprint density at radius 1 is 1.00 bits per heavy atom. The van der Waals surface area contributed by atoms with E-state index in [4.69, 9.17) is 0 Å². The van der Waals surface area contributed by atoms with Gasteiger partial charge in [0, 0.05) is 15.6 Å². The minimum Gasteiger partial charge on any atom is -0.375 e. The van der Waals surface area contributed by atoms with Crippen LogP contribution in [0.1, 0.15) is 33.5 Å². The number of aryl methyl sites for hydroxylation is 1. The summed E-state index contributed by atoms with van der Waals surface area (Å²) in [6.45, 7) is 2.27. The summed E-state index contributed by atoms with van der Waals surface area (Å²) in [5, 5.41) is 11.4. The minimum absolute atomic E-state index is 0.263. The summed E-state index contributed by atoms with van der Waals surface area (Å²) in [5.74, 6) is -0.733. The lowest BCUT2D eigenvalue weighted by Gasteiger charge is -2.23. The molecule has 0 saturated heterocycles. The number of amides is 1. The first-order chi connectivity index (χ1) is 13.9. The molecule has 4 rings (SSSR count). The van der Waals surface area contributed by atoms with Crippen molar-refractivity contribution in [2.24, 2.45) is 0 Å². The van der Waals surface area contributed by atoms with Gasteiger partial charge in [0.1, 0.15) is 0 Å². The van der Waals surface area contributed by atoms with Gasteiger partial charge in [-0.3, -0.25) is 9.59 Å². The largest absolute Gasteiger partial charge is 0.375 e. The third-order valence-corrected chi connectivity index (χ3v) is 5.81. The van der Waals surface area contributed by atoms with Gasteiger partial charge >= 0.3 is 0 Å². The normalized spacial score (nSPS) is 18.0. The Balaban J connectivity index is 1.66. The molecule has 0 fully saturated rings. The van der Waals surface area contributed by atoms with E-state index in [-0.39, 0.29) is 12.2 Å². The van der Waals surface area contributed by atoms with Crippen LogP contribution >= 0.6 is 15.9 Å². The van der Waals surface area contributed by atoms with E-state index in [1.807, 2.05) is 49.4 Å². The van der Waals surface area contributed by atoms with Crippen molar-refractivity contribution in [3.05, 3.63) is 99.5 Å². The summed E-state index contributed by atoms with van der Waals surface area (Å²) in [7, 11) is 0. The van der Waals surface area contributed by atoms with Gasteiger partial charge in [0.25, 0.3) is 5.91 Å². The van der Waals surface area contributed by atoms with E-state index in [1.165, 1.54) is 0 Å². The van der Waals surface area contributed by atoms with Crippen molar-refractivity contribution < 1.29 is 14.7 Å². The van der Waals surface area contributed by atoms with Crippen LogP contribution in [0.15, 0.2) is 77.3 Å². The van der Waals surface area contributed by atoms with Crippen LogP contribution in [0.3, 0.4) is 0 Å². The van der Waals surface area contributed by atoms with Gasteiger partial charge in [0.15, 0.2) is 11.4 Å². The molecule has 1 amide bonds. The van der Waals surface area contributed by atoms with E-state index in [2.05, 4.69) is 15.9 Å². The van der Waals surface area contributed by atoms with Crippen molar-refractivity contribution in [2.75, 3.05) is 4.90 Å². The molecule has 4 nitrogen and oxygen atoms in total. The number of ketones is 1. The molecule has 3 aromatic rings. The van der Waals surface area contributed by atoms with Gasteiger partial charge in [-0.2, -0.15) is 0 Å². The standard InChI is InChI=1S/C24H20BrNO3/c1-16-6-10-18(11-7-16)22(27)14-24(29)20-4-2-3-5-21(20)26(23(24)28)15-17-8-12-19(25)13-9-17/h2-13,29H,14-15H2,1H3/t24-/m1/s1. The summed E-state index contributed by atoms with van der Waals surface area (Å²) < 4.78 is 0.953. The number of benzene rings is 3. The smallest absolute Gasteiger partial charge is 0.264 e. The van der Waals surface area contributed by atoms with Gasteiger partial charge in [-0.1, -0.05) is 76.1 Å². The van der Waals surface area contributed by atoms with E-state index in [9.17, 15) is 14.7 Å². The molecule has 3 aromatic carbocycles. The summed E-state index contributed by atoms with van der Waals surface area (Å²) >= 11 is 3.41. The molecule has 0 unspecified atom stereocenters. The Bertz CT molecular complexity index is 1080. The molecular formula is C24H20BrNO3. The van der Waals surface area contributed by atoms with Gasteiger partial charge in [-0.05, 0) is 30.7 Å². The lowest BCUT2D eigenvalue weighted by Crippen LogP contribution is -2.41. The maximum atomic E-state index is 13.3. The number of nitrogens with zero attached hydrogens (tertiary/aromatic N) is 1. The fraction of sp³-hybridized carbons (Fsp3) is 0.167. The van der Waals surface area contributed by atoms with E-state index in [1.54, 1.807) is 35.2 Å². The van der Waals surface area contributed by atoms with Gasteiger partial charge in [0.2, 0.25) is 0 Å². The van der Waals surface area contributed by atoms with Crippen LogP contribution in [0.5, 0.6) is 0 Å². The Labute approximate surface area is 177 Å². The van der Waals surface area contributed by atoms with Crippen LogP contribution in [0, 0.1) is 6.92 Å². The van der Waals surface area contributed by atoms with Crippen LogP contribution in [0.25, 0.3) is 0 Å². The van der Waals surface area contributed by atoms with Crippen LogP contribution in [0.2, 0.25) is 0 Å². The highest BCUT2D eigenvalue weighted by Crippen LogP contribution is 2.43. The minimum atomic E-state index is -1.87. The van der Waals surface area contributed by atoms with Crippen LogP contribution < -0.4 is 4.90 Å². The van der Waals surface area contributed by atoms with Gasteiger partial charge in [0.05, 0.1) is 18.7 Å². The summed E-state index contributed by atoms with van der Waals surface area (Å²) in [4.78, 5) is 27.7. The number of hydrogen-bond acceptors (Lipinski definition) is 3. The van der Waals surface area contributed by atoms with Gasteiger partial charge < -0.3 is 10.0 Å². The van der Waals surface area contributed by atoms with Crippen molar-refractivity contribution in [3.63, 3.8) is 0 Å². The summed E-state index contributed by atoms with van der Waals surface area (Å²) in [6.07, 6.45) is -0.289. The molecular weight excluding hydrogens is 430 g/mol. The van der Waals surface area contributed by atoms with Gasteiger partial charge in [-0.15, -0.1) is 0 Å². The predicted molar refractivity (Wildman–Crippen MR) is 116 cm³/mol. The number of anilines is 1. The number of Topliss-reactive ketones (excluding diaryl/α,β-unsaturated/α-hetero) is 1. The third-order valence-electron chi connectivity index (χ3n) is 5.28. The molecule has 1 heterocycles. The number of carbonyl (C=O) groups is 2. The Hall–Kier alpha value is -2.76. The Morgan fingerprint density at radius 3 is 2.34 bits per heavy atom. The van der Waals surface area contributed by atoms with Crippen LogP contribution in [-0.2, 0) is 16.9 Å². The van der Waals surface area contributed by atoms with Gasteiger partial charge in [-0.25, -0.2) is 0 Å². The van der Waals surface area contributed by atoms with Crippen molar-refractivity contribution >= 4 is 33.3 Å². The number of halogens is 1. The SMILES string of the molecule is Cc1ccc(C(=O)C[C@]2(O)C(=O)N(Cc3ccc(Br)cc3)c3ccccc32)cc1. The van der Waals surface area contributed by atoms with Crippen molar-refractivity contribution in [1.29, 1.82) is 0 Å². The lowest BCUT2D eigenvalue weighted by atomic mass is 9.88. The second-order valence-corrected chi connectivity index (χ2v) is 8.28. The molecule has 0 spiro atoms. The Morgan fingerprint density at radius 2 is 1.66 bits per heavy atom. The molecule has 0 aliphatic carbocycles.